The van der Waals surface area contributed by atoms with Crippen molar-refractivity contribution in [2.24, 2.45) is 0 Å². The molecule has 2 amide bonds. The Morgan fingerprint density at radius 3 is 2.70 bits per heavy atom. The molecule has 0 unspecified atom stereocenters. The third-order valence-corrected chi connectivity index (χ3v) is 1.24. The number of rotatable bonds is 0. The summed E-state index contributed by atoms with van der Waals surface area (Å²) >= 11 is 0. The molecule has 1 aliphatic rings. The lowest BCUT2D eigenvalue weighted by Gasteiger charge is -2.15. The van der Waals surface area contributed by atoms with Crippen LogP contribution in [0.2, 0.25) is 0 Å². The molecule has 1 aliphatic heterocycles. The Bertz CT molecular complexity index is 219. The van der Waals surface area contributed by atoms with E-state index in [4.69, 9.17) is 5.21 Å². The lowest BCUT2D eigenvalue weighted by Crippen LogP contribution is -2.35. The quantitative estimate of drug-likeness (QED) is 0.384. The van der Waals surface area contributed by atoms with Gasteiger partial charge in [0.2, 0.25) is 0 Å². The zero-order valence-corrected chi connectivity index (χ0v) is 5.50. The Hall–Kier alpha value is -1.16. The van der Waals surface area contributed by atoms with E-state index in [9.17, 15) is 9.59 Å². The predicted octanol–water partition coefficient (Wildman–Crippen LogP) is 0.0808. The summed E-state index contributed by atoms with van der Waals surface area (Å²) in [5.74, 6) is -1.22. The first kappa shape index (κ1) is 6.95. The summed E-state index contributed by atoms with van der Waals surface area (Å²) < 4.78 is 0. The second kappa shape index (κ2) is 2.22. The molecule has 0 spiro atoms. The maximum Gasteiger partial charge on any atom is 0.277 e. The second-order valence-corrected chi connectivity index (χ2v) is 2.21. The van der Waals surface area contributed by atoms with Crippen LogP contribution >= 0.6 is 0 Å². The molecule has 0 saturated carbocycles. The molecule has 4 nitrogen and oxygen atoms in total. The van der Waals surface area contributed by atoms with Gasteiger partial charge in [-0.2, -0.15) is 5.06 Å². The molecular weight excluding hydrogens is 134 g/mol. The number of hydrogen-bond donors (Lipinski definition) is 1. The lowest BCUT2D eigenvalue weighted by atomic mass is 10.1. The lowest BCUT2D eigenvalue weighted by molar-refractivity contribution is -0.176. The van der Waals surface area contributed by atoms with Crippen LogP contribution in [-0.2, 0) is 9.59 Å². The van der Waals surface area contributed by atoms with E-state index in [1.807, 2.05) is 0 Å². The summed E-state index contributed by atoms with van der Waals surface area (Å²) in [5, 5.41) is 8.79. The Morgan fingerprint density at radius 1 is 1.60 bits per heavy atom. The first-order valence-corrected chi connectivity index (χ1v) is 2.84. The molecule has 0 saturated heterocycles. The predicted molar refractivity (Wildman–Crippen MR) is 32.0 cm³/mol. The van der Waals surface area contributed by atoms with Crippen LogP contribution in [-0.4, -0.2) is 22.1 Å². The van der Waals surface area contributed by atoms with Crippen LogP contribution in [0.4, 0.5) is 0 Å². The van der Waals surface area contributed by atoms with Crippen molar-refractivity contribution in [3.8, 4) is 0 Å². The van der Waals surface area contributed by atoms with E-state index in [1.54, 1.807) is 6.92 Å². The van der Waals surface area contributed by atoms with Crippen molar-refractivity contribution in [3.63, 3.8) is 0 Å². The maximum atomic E-state index is 10.6. The Balaban J connectivity index is 2.89. The standard InChI is InChI=1S/C6H7NO3/c1-4-2-5(8)7(10)6(9)3-4/h2,10H,3H2,1H3. The van der Waals surface area contributed by atoms with Crippen LogP contribution < -0.4 is 0 Å². The van der Waals surface area contributed by atoms with Gasteiger partial charge in [0.25, 0.3) is 11.8 Å². The molecule has 10 heavy (non-hydrogen) atoms. The number of carbonyl (C=O) groups is 2. The van der Waals surface area contributed by atoms with Crippen LogP contribution in [0.15, 0.2) is 11.6 Å². The summed E-state index contributed by atoms with van der Waals surface area (Å²) in [6.45, 7) is 1.67. The fourth-order valence-electron chi connectivity index (χ4n) is 0.759. The summed E-state index contributed by atoms with van der Waals surface area (Å²) in [4.78, 5) is 21.2. The Labute approximate surface area is 57.7 Å². The van der Waals surface area contributed by atoms with E-state index in [1.165, 1.54) is 6.08 Å². The molecule has 1 N–H and O–H groups in total. The maximum absolute atomic E-state index is 10.6. The molecule has 0 fully saturated rings. The van der Waals surface area contributed by atoms with Gasteiger partial charge in [-0.1, -0.05) is 5.57 Å². The number of carbonyl (C=O) groups excluding carboxylic acids is 2. The van der Waals surface area contributed by atoms with Crippen molar-refractivity contribution in [1.29, 1.82) is 0 Å². The van der Waals surface area contributed by atoms with E-state index in [0.717, 1.165) is 0 Å². The van der Waals surface area contributed by atoms with Gasteiger partial charge >= 0.3 is 0 Å². The van der Waals surface area contributed by atoms with E-state index < -0.39 is 11.8 Å². The monoisotopic (exact) mass is 141 g/mol. The highest BCUT2D eigenvalue weighted by molar-refractivity contribution is 6.03. The van der Waals surface area contributed by atoms with Crippen LogP contribution in [0.1, 0.15) is 13.3 Å². The Kier molecular flexibility index (Phi) is 1.55. The summed E-state index contributed by atoms with van der Waals surface area (Å²) in [6.07, 6.45) is 1.36. The summed E-state index contributed by atoms with van der Waals surface area (Å²) in [6, 6.07) is 0. The molecule has 54 valence electrons. The van der Waals surface area contributed by atoms with Crippen molar-refractivity contribution in [2.45, 2.75) is 13.3 Å². The van der Waals surface area contributed by atoms with Crippen molar-refractivity contribution in [3.05, 3.63) is 11.6 Å². The third kappa shape index (κ3) is 1.06. The van der Waals surface area contributed by atoms with E-state index in [0.29, 0.717) is 5.57 Å². The number of imide groups is 1. The molecule has 0 aromatic rings. The van der Waals surface area contributed by atoms with Gasteiger partial charge in [0.1, 0.15) is 0 Å². The third-order valence-electron chi connectivity index (χ3n) is 1.24. The van der Waals surface area contributed by atoms with Crippen molar-refractivity contribution < 1.29 is 14.8 Å². The van der Waals surface area contributed by atoms with Gasteiger partial charge in [-0.25, -0.2) is 0 Å². The molecule has 0 aromatic carbocycles. The van der Waals surface area contributed by atoms with E-state index >= 15 is 0 Å². The van der Waals surface area contributed by atoms with Gasteiger partial charge in [-0.05, 0) is 6.92 Å². The topological polar surface area (TPSA) is 57.6 Å². The minimum atomic E-state index is -0.659. The van der Waals surface area contributed by atoms with Gasteiger partial charge in [0.15, 0.2) is 0 Å². The van der Waals surface area contributed by atoms with Crippen LogP contribution in [0.5, 0.6) is 0 Å². The first-order chi connectivity index (χ1) is 4.61. The van der Waals surface area contributed by atoms with Crippen molar-refractivity contribution in [2.75, 3.05) is 0 Å². The fourth-order valence-corrected chi connectivity index (χ4v) is 0.759. The number of hydroxylamine groups is 2. The largest absolute Gasteiger partial charge is 0.278 e. The van der Waals surface area contributed by atoms with Gasteiger partial charge in [0.05, 0.1) is 6.42 Å². The fraction of sp³-hybridized carbons (Fsp3) is 0.333. The summed E-state index contributed by atoms with van der Waals surface area (Å²) in [5.41, 5.74) is 0.681. The average Bonchev–Trinajstić information content (AvgIpc) is 1.82. The molecule has 4 heteroatoms. The van der Waals surface area contributed by atoms with Gasteiger partial charge < -0.3 is 0 Å². The van der Waals surface area contributed by atoms with Crippen LogP contribution in [0.25, 0.3) is 0 Å². The molecular formula is C6H7NO3. The molecule has 0 radical (unpaired) electrons. The average molecular weight is 141 g/mol. The highest BCUT2D eigenvalue weighted by Crippen LogP contribution is 2.09. The number of hydrogen-bond acceptors (Lipinski definition) is 3. The van der Waals surface area contributed by atoms with Gasteiger partial charge in [-0.3, -0.25) is 14.8 Å². The van der Waals surface area contributed by atoms with Crippen molar-refractivity contribution in [1.82, 2.24) is 5.06 Å². The SMILES string of the molecule is CC1=CC(=O)N(O)C(=O)C1. The normalized spacial score (nSPS) is 19.4. The highest BCUT2D eigenvalue weighted by Gasteiger charge is 2.22. The summed E-state index contributed by atoms with van der Waals surface area (Å²) in [7, 11) is 0. The molecule has 1 rings (SSSR count). The zero-order chi connectivity index (χ0) is 7.72. The van der Waals surface area contributed by atoms with Crippen LogP contribution in [0, 0.1) is 0 Å². The minimum Gasteiger partial charge on any atom is -0.278 e. The Morgan fingerprint density at radius 2 is 2.20 bits per heavy atom. The molecule has 0 atom stereocenters. The van der Waals surface area contributed by atoms with Crippen LogP contribution in [0.3, 0.4) is 0 Å². The molecule has 0 bridgehead atoms. The van der Waals surface area contributed by atoms with Crippen molar-refractivity contribution >= 4 is 11.8 Å². The molecule has 1 heterocycles. The van der Waals surface area contributed by atoms with Gasteiger partial charge in [-0.15, -0.1) is 0 Å². The minimum absolute atomic E-state index is 0.127. The smallest absolute Gasteiger partial charge is 0.277 e. The van der Waals surface area contributed by atoms with E-state index in [-0.39, 0.29) is 11.5 Å². The molecule has 0 aromatic heterocycles. The molecule has 0 aliphatic carbocycles. The van der Waals surface area contributed by atoms with Gasteiger partial charge in [0, 0.05) is 6.08 Å². The number of nitrogens with zero attached hydrogens (tertiary/aromatic N) is 1. The zero-order valence-electron chi connectivity index (χ0n) is 5.50. The highest BCUT2D eigenvalue weighted by atomic mass is 16.5. The van der Waals surface area contributed by atoms with E-state index in [2.05, 4.69) is 0 Å². The second-order valence-electron chi connectivity index (χ2n) is 2.21. The first-order valence-electron chi connectivity index (χ1n) is 2.84. The number of amides is 2.